The molecule has 0 aromatic rings. The van der Waals surface area contributed by atoms with Crippen molar-refractivity contribution in [3.63, 3.8) is 0 Å². The normalized spacial score (nSPS) is 13.1. The quantitative estimate of drug-likeness (QED) is 0.0858. The van der Waals surface area contributed by atoms with Crippen LogP contribution in [-0.2, 0) is 24.4 Å². The molecule has 0 aliphatic carbocycles. The fourth-order valence-corrected chi connectivity index (χ4v) is 4.56. The number of rotatable bonds is 21. The predicted octanol–water partition coefficient (Wildman–Crippen LogP) is 1.36. The standard InChI is InChI=1S/C23H42O7S.Na/c1-3-5-7-8-9-10-11-12-13-14-15-16-18-23(20-21(24)25,31(27,28)29)22(26)30-19-17-6-4-2;/h3H,1,4-20H2,2H3,(H,24,25)(H,27,28,29);/q;+1/p-1. The summed E-state index contributed by atoms with van der Waals surface area (Å²) in [6.45, 7) is 5.66. The van der Waals surface area contributed by atoms with Gasteiger partial charge in [-0.25, -0.2) is 0 Å². The van der Waals surface area contributed by atoms with Gasteiger partial charge in [0.2, 0.25) is 0 Å². The van der Waals surface area contributed by atoms with Crippen LogP contribution in [0.5, 0.6) is 0 Å². The first-order valence-corrected chi connectivity index (χ1v) is 13.1. The number of carbonyl (C=O) groups is 2. The first-order valence-electron chi connectivity index (χ1n) is 11.7. The van der Waals surface area contributed by atoms with E-state index in [0.29, 0.717) is 19.3 Å². The van der Waals surface area contributed by atoms with Crippen LogP contribution in [-0.4, -0.2) is 36.3 Å². The van der Waals surface area contributed by atoms with Crippen LogP contribution in [0.2, 0.25) is 0 Å². The van der Waals surface area contributed by atoms with E-state index in [-0.39, 0.29) is 42.6 Å². The zero-order valence-electron chi connectivity index (χ0n) is 20.1. The topological polar surface area (TPSA) is 121 Å². The Labute approximate surface area is 216 Å². The summed E-state index contributed by atoms with van der Waals surface area (Å²) in [5.41, 5.74) is 0. The Balaban J connectivity index is 0. The number of carbonyl (C=O) groups excluding carboxylic acids is 2. The third-order valence-electron chi connectivity index (χ3n) is 5.52. The van der Waals surface area contributed by atoms with Crippen molar-refractivity contribution in [1.29, 1.82) is 0 Å². The molecule has 32 heavy (non-hydrogen) atoms. The number of hydrogen-bond donors (Lipinski definition) is 1. The van der Waals surface area contributed by atoms with E-state index < -0.39 is 33.2 Å². The van der Waals surface area contributed by atoms with Gasteiger partial charge in [0.25, 0.3) is 10.1 Å². The Morgan fingerprint density at radius 2 is 1.44 bits per heavy atom. The SMILES string of the molecule is C=CCCCCCCCCCCCCC(CC(=O)[O-])(C(=O)OCCCCC)S(=O)(=O)O.[Na+]. The Hall–Kier alpha value is -0.410. The van der Waals surface area contributed by atoms with Gasteiger partial charge in [-0.05, 0) is 25.7 Å². The second-order valence-corrected chi connectivity index (χ2v) is 9.96. The molecule has 0 fully saturated rings. The first kappa shape index (κ1) is 33.8. The maximum Gasteiger partial charge on any atom is 1.00 e. The number of carboxylic acids is 1. The van der Waals surface area contributed by atoms with Gasteiger partial charge in [-0.3, -0.25) is 9.35 Å². The molecule has 0 aliphatic rings. The number of esters is 1. The van der Waals surface area contributed by atoms with E-state index in [1.807, 2.05) is 13.0 Å². The van der Waals surface area contributed by atoms with E-state index in [2.05, 4.69) is 6.58 Å². The van der Waals surface area contributed by atoms with Crippen molar-refractivity contribution in [2.45, 2.75) is 114 Å². The van der Waals surface area contributed by atoms with Crippen LogP contribution in [0.1, 0.15) is 110 Å². The van der Waals surface area contributed by atoms with Gasteiger partial charge in [0.15, 0.2) is 4.75 Å². The molecule has 0 aromatic heterocycles. The Morgan fingerprint density at radius 1 is 0.938 bits per heavy atom. The van der Waals surface area contributed by atoms with Crippen LogP contribution in [0, 0.1) is 0 Å². The van der Waals surface area contributed by atoms with Crippen LogP contribution >= 0.6 is 0 Å². The molecule has 0 bridgehead atoms. The minimum atomic E-state index is -4.98. The molecule has 0 aromatic carbocycles. The van der Waals surface area contributed by atoms with Gasteiger partial charge >= 0.3 is 35.5 Å². The maximum absolute atomic E-state index is 12.5. The zero-order valence-corrected chi connectivity index (χ0v) is 22.9. The number of hydrogen-bond acceptors (Lipinski definition) is 6. The molecular weight excluding hydrogens is 443 g/mol. The number of aliphatic carboxylic acids is 1. The molecule has 1 N–H and O–H groups in total. The Kier molecular flexibility index (Phi) is 21.1. The third-order valence-corrected chi connectivity index (χ3v) is 7.02. The number of carboxylic acid groups (broad SMARTS) is 1. The molecular formula is C23H41NaO7S. The molecule has 0 rings (SSSR count). The van der Waals surface area contributed by atoms with Crippen molar-refractivity contribution in [3.8, 4) is 0 Å². The van der Waals surface area contributed by atoms with Crippen molar-refractivity contribution in [2.24, 2.45) is 0 Å². The van der Waals surface area contributed by atoms with Crippen LogP contribution in [0.25, 0.3) is 0 Å². The molecule has 0 heterocycles. The fourth-order valence-electron chi connectivity index (χ4n) is 3.58. The fraction of sp³-hybridized carbons (Fsp3) is 0.826. The van der Waals surface area contributed by atoms with Crippen LogP contribution in [0.15, 0.2) is 12.7 Å². The molecule has 182 valence electrons. The van der Waals surface area contributed by atoms with Crippen molar-refractivity contribution < 1.29 is 62.0 Å². The number of allylic oxidation sites excluding steroid dienone is 1. The summed E-state index contributed by atoms with van der Waals surface area (Å²) < 4.78 is 36.2. The second-order valence-electron chi connectivity index (χ2n) is 8.22. The summed E-state index contributed by atoms with van der Waals surface area (Å²) >= 11 is 0. The van der Waals surface area contributed by atoms with Gasteiger partial charge in [0, 0.05) is 12.4 Å². The molecule has 9 heteroatoms. The predicted molar refractivity (Wildman–Crippen MR) is 120 cm³/mol. The van der Waals surface area contributed by atoms with E-state index in [0.717, 1.165) is 44.9 Å². The summed E-state index contributed by atoms with van der Waals surface area (Å²) in [4.78, 5) is 23.6. The van der Waals surface area contributed by atoms with Crippen LogP contribution < -0.4 is 34.7 Å². The summed E-state index contributed by atoms with van der Waals surface area (Å²) in [6.07, 6.45) is 13.7. The molecule has 0 spiro atoms. The average molecular weight is 485 g/mol. The van der Waals surface area contributed by atoms with Gasteiger partial charge < -0.3 is 14.6 Å². The minimum Gasteiger partial charge on any atom is -0.550 e. The maximum atomic E-state index is 12.5. The molecule has 7 nitrogen and oxygen atoms in total. The minimum absolute atomic E-state index is 0. The largest absolute Gasteiger partial charge is 1.00 e. The Morgan fingerprint density at radius 3 is 1.88 bits per heavy atom. The monoisotopic (exact) mass is 484 g/mol. The van der Waals surface area contributed by atoms with E-state index >= 15 is 0 Å². The average Bonchev–Trinajstić information content (AvgIpc) is 2.69. The van der Waals surface area contributed by atoms with Gasteiger partial charge in [-0.15, -0.1) is 6.58 Å². The van der Waals surface area contributed by atoms with Crippen molar-refractivity contribution in [2.75, 3.05) is 6.61 Å². The molecule has 0 amide bonds. The van der Waals surface area contributed by atoms with Gasteiger partial charge in [-0.2, -0.15) is 8.42 Å². The number of unbranched alkanes of at least 4 members (excludes halogenated alkanes) is 12. The van der Waals surface area contributed by atoms with Crippen molar-refractivity contribution in [3.05, 3.63) is 12.7 Å². The van der Waals surface area contributed by atoms with Gasteiger partial charge in [-0.1, -0.05) is 83.6 Å². The van der Waals surface area contributed by atoms with Gasteiger partial charge in [0.1, 0.15) is 0 Å². The summed E-state index contributed by atoms with van der Waals surface area (Å²) in [5.74, 6) is -2.91. The van der Waals surface area contributed by atoms with E-state index in [4.69, 9.17) is 4.74 Å². The molecule has 0 radical (unpaired) electrons. The Bertz CT molecular complexity index is 622. The smallest absolute Gasteiger partial charge is 0.550 e. The number of ether oxygens (including phenoxy) is 1. The van der Waals surface area contributed by atoms with E-state index in [1.165, 1.54) is 25.7 Å². The molecule has 0 saturated carbocycles. The summed E-state index contributed by atoms with van der Waals surface area (Å²) in [7, 11) is -4.98. The van der Waals surface area contributed by atoms with E-state index in [1.54, 1.807) is 0 Å². The van der Waals surface area contributed by atoms with Crippen LogP contribution in [0.4, 0.5) is 0 Å². The molecule has 1 unspecified atom stereocenters. The first-order chi connectivity index (χ1) is 14.7. The molecule has 0 aliphatic heterocycles. The van der Waals surface area contributed by atoms with Crippen LogP contribution in [0.3, 0.4) is 0 Å². The molecule has 1 atom stereocenters. The van der Waals surface area contributed by atoms with Crippen molar-refractivity contribution in [1.82, 2.24) is 0 Å². The molecule has 0 saturated heterocycles. The van der Waals surface area contributed by atoms with E-state index in [9.17, 15) is 27.7 Å². The second kappa shape index (κ2) is 20.0. The van der Waals surface area contributed by atoms with Gasteiger partial charge in [0.05, 0.1) is 6.61 Å². The third kappa shape index (κ3) is 14.7. The van der Waals surface area contributed by atoms with Crippen molar-refractivity contribution >= 4 is 22.1 Å². The zero-order chi connectivity index (χ0) is 23.6. The summed E-state index contributed by atoms with van der Waals surface area (Å²) in [6, 6.07) is 0. The summed E-state index contributed by atoms with van der Waals surface area (Å²) in [5, 5.41) is 11.2.